The summed E-state index contributed by atoms with van der Waals surface area (Å²) in [5.74, 6) is 1.77. The van der Waals surface area contributed by atoms with Crippen molar-refractivity contribution in [2.75, 3.05) is 7.11 Å². The van der Waals surface area contributed by atoms with Crippen molar-refractivity contribution in [3.63, 3.8) is 0 Å². The highest BCUT2D eigenvalue weighted by molar-refractivity contribution is 5.27. The number of halogens is 1. The SMILES string of the molecule is COc1cnc(C2CC2C(C)C)c(F)c1. The first-order valence-corrected chi connectivity index (χ1v) is 5.33. The van der Waals surface area contributed by atoms with E-state index >= 15 is 0 Å². The van der Waals surface area contributed by atoms with Crippen LogP contribution >= 0.6 is 0 Å². The van der Waals surface area contributed by atoms with Gasteiger partial charge in [0.25, 0.3) is 0 Å². The van der Waals surface area contributed by atoms with Gasteiger partial charge in [0.05, 0.1) is 19.0 Å². The molecule has 2 rings (SSSR count). The Labute approximate surface area is 89.5 Å². The van der Waals surface area contributed by atoms with E-state index in [1.165, 1.54) is 13.2 Å². The topological polar surface area (TPSA) is 22.1 Å². The molecule has 15 heavy (non-hydrogen) atoms. The van der Waals surface area contributed by atoms with Gasteiger partial charge in [-0.3, -0.25) is 4.98 Å². The first kappa shape index (κ1) is 10.4. The minimum atomic E-state index is -0.234. The third-order valence-electron chi connectivity index (χ3n) is 3.13. The smallest absolute Gasteiger partial charge is 0.148 e. The Balaban J connectivity index is 2.17. The molecule has 2 atom stereocenters. The van der Waals surface area contributed by atoms with Crippen LogP contribution in [0, 0.1) is 17.7 Å². The molecule has 82 valence electrons. The fraction of sp³-hybridized carbons (Fsp3) is 0.583. The van der Waals surface area contributed by atoms with E-state index in [0.717, 1.165) is 6.42 Å². The van der Waals surface area contributed by atoms with Crippen LogP contribution < -0.4 is 4.74 Å². The van der Waals surface area contributed by atoms with Crippen LogP contribution in [0.2, 0.25) is 0 Å². The summed E-state index contributed by atoms with van der Waals surface area (Å²) in [6, 6.07) is 1.41. The van der Waals surface area contributed by atoms with Gasteiger partial charge >= 0.3 is 0 Å². The molecule has 1 aromatic rings. The maximum atomic E-state index is 13.6. The maximum absolute atomic E-state index is 13.6. The molecule has 0 bridgehead atoms. The number of aromatic nitrogens is 1. The molecule has 1 fully saturated rings. The van der Waals surface area contributed by atoms with Gasteiger partial charge in [-0.15, -0.1) is 0 Å². The van der Waals surface area contributed by atoms with Gasteiger partial charge < -0.3 is 4.74 Å². The van der Waals surface area contributed by atoms with E-state index in [1.54, 1.807) is 6.20 Å². The van der Waals surface area contributed by atoms with Gasteiger partial charge in [0, 0.05) is 12.0 Å². The summed E-state index contributed by atoms with van der Waals surface area (Å²) >= 11 is 0. The predicted octanol–water partition coefficient (Wildman–Crippen LogP) is 2.99. The van der Waals surface area contributed by atoms with Crippen molar-refractivity contribution in [2.24, 2.45) is 11.8 Å². The molecule has 1 aromatic heterocycles. The standard InChI is InChI=1S/C12H16FNO/c1-7(2)9-5-10(9)12-11(13)4-8(15-3)6-14-12/h4,6-7,9-10H,5H2,1-3H3. The summed E-state index contributed by atoms with van der Waals surface area (Å²) in [5, 5.41) is 0. The molecule has 2 nitrogen and oxygen atoms in total. The van der Waals surface area contributed by atoms with Gasteiger partial charge in [0.1, 0.15) is 11.6 Å². The average Bonchev–Trinajstić information content (AvgIpc) is 2.97. The monoisotopic (exact) mass is 209 g/mol. The number of pyridine rings is 1. The van der Waals surface area contributed by atoms with Gasteiger partial charge in [-0.1, -0.05) is 13.8 Å². The minimum absolute atomic E-state index is 0.234. The van der Waals surface area contributed by atoms with E-state index in [9.17, 15) is 4.39 Å². The first-order valence-electron chi connectivity index (χ1n) is 5.33. The third-order valence-corrected chi connectivity index (χ3v) is 3.13. The van der Waals surface area contributed by atoms with Crippen LogP contribution in [0.25, 0.3) is 0 Å². The zero-order valence-electron chi connectivity index (χ0n) is 9.33. The van der Waals surface area contributed by atoms with E-state index in [-0.39, 0.29) is 5.82 Å². The van der Waals surface area contributed by atoms with Crippen LogP contribution in [0.1, 0.15) is 31.9 Å². The highest BCUT2D eigenvalue weighted by Crippen LogP contribution is 2.51. The molecule has 1 saturated carbocycles. The number of ether oxygens (including phenoxy) is 1. The lowest BCUT2D eigenvalue weighted by Crippen LogP contribution is -1.98. The lowest BCUT2D eigenvalue weighted by Gasteiger charge is -2.05. The van der Waals surface area contributed by atoms with Crippen LogP contribution in [0.4, 0.5) is 4.39 Å². The molecule has 2 unspecified atom stereocenters. The molecule has 0 aliphatic heterocycles. The molecule has 0 spiro atoms. The summed E-state index contributed by atoms with van der Waals surface area (Å²) in [5.41, 5.74) is 0.606. The molecule has 1 aliphatic rings. The molecular formula is C12H16FNO. The minimum Gasteiger partial charge on any atom is -0.495 e. The van der Waals surface area contributed by atoms with Gasteiger partial charge in [0.2, 0.25) is 0 Å². The summed E-state index contributed by atoms with van der Waals surface area (Å²) < 4.78 is 18.5. The average molecular weight is 209 g/mol. The first-order chi connectivity index (χ1) is 7.13. The Morgan fingerprint density at radius 1 is 1.53 bits per heavy atom. The van der Waals surface area contributed by atoms with E-state index in [2.05, 4.69) is 18.8 Å². The van der Waals surface area contributed by atoms with E-state index < -0.39 is 0 Å². The van der Waals surface area contributed by atoms with Crippen LogP contribution in [-0.2, 0) is 0 Å². The summed E-state index contributed by atoms with van der Waals surface area (Å²) in [6.07, 6.45) is 2.65. The number of nitrogens with zero attached hydrogens (tertiary/aromatic N) is 1. The van der Waals surface area contributed by atoms with Crippen LogP contribution in [-0.4, -0.2) is 12.1 Å². The summed E-state index contributed by atoms with van der Waals surface area (Å²) in [6.45, 7) is 4.35. The van der Waals surface area contributed by atoms with Crippen molar-refractivity contribution < 1.29 is 9.13 Å². The Bertz CT molecular complexity index is 365. The molecule has 0 aromatic carbocycles. The van der Waals surface area contributed by atoms with Gasteiger partial charge in [-0.2, -0.15) is 0 Å². The predicted molar refractivity (Wildman–Crippen MR) is 56.4 cm³/mol. The second kappa shape index (κ2) is 3.80. The van der Waals surface area contributed by atoms with Crippen LogP contribution in [0.5, 0.6) is 5.75 Å². The molecule has 0 saturated heterocycles. The largest absolute Gasteiger partial charge is 0.495 e. The maximum Gasteiger partial charge on any atom is 0.148 e. The number of rotatable bonds is 3. The van der Waals surface area contributed by atoms with Gasteiger partial charge in [-0.05, 0) is 18.3 Å². The van der Waals surface area contributed by atoms with Crippen molar-refractivity contribution in [3.8, 4) is 5.75 Å². The van der Waals surface area contributed by atoms with Crippen molar-refractivity contribution in [3.05, 3.63) is 23.8 Å². The highest BCUT2D eigenvalue weighted by Gasteiger charge is 2.42. The van der Waals surface area contributed by atoms with Crippen molar-refractivity contribution in [2.45, 2.75) is 26.2 Å². The van der Waals surface area contributed by atoms with Crippen molar-refractivity contribution >= 4 is 0 Å². The van der Waals surface area contributed by atoms with Crippen molar-refractivity contribution in [1.29, 1.82) is 0 Å². The van der Waals surface area contributed by atoms with E-state index in [4.69, 9.17) is 4.74 Å². The second-order valence-electron chi connectivity index (χ2n) is 4.49. The summed E-state index contributed by atoms with van der Waals surface area (Å²) in [7, 11) is 1.52. The Morgan fingerprint density at radius 3 is 2.73 bits per heavy atom. The summed E-state index contributed by atoms with van der Waals surface area (Å²) in [4.78, 5) is 4.14. The Morgan fingerprint density at radius 2 is 2.27 bits per heavy atom. The number of hydrogen-bond acceptors (Lipinski definition) is 2. The van der Waals surface area contributed by atoms with Gasteiger partial charge in [0.15, 0.2) is 0 Å². The van der Waals surface area contributed by atoms with E-state index in [1.807, 2.05) is 0 Å². The fourth-order valence-corrected chi connectivity index (χ4v) is 2.08. The zero-order valence-corrected chi connectivity index (χ0v) is 9.33. The normalized spacial score (nSPS) is 24.3. The lowest BCUT2D eigenvalue weighted by atomic mass is 10.1. The molecule has 1 heterocycles. The Hall–Kier alpha value is -1.12. The third kappa shape index (κ3) is 1.96. The quantitative estimate of drug-likeness (QED) is 0.763. The molecule has 3 heteroatoms. The molecule has 0 amide bonds. The number of methoxy groups -OCH3 is 1. The van der Waals surface area contributed by atoms with E-state index in [0.29, 0.717) is 29.2 Å². The highest BCUT2D eigenvalue weighted by atomic mass is 19.1. The van der Waals surface area contributed by atoms with Crippen molar-refractivity contribution in [1.82, 2.24) is 4.98 Å². The van der Waals surface area contributed by atoms with Crippen LogP contribution in [0.3, 0.4) is 0 Å². The fourth-order valence-electron chi connectivity index (χ4n) is 2.08. The van der Waals surface area contributed by atoms with Crippen LogP contribution in [0.15, 0.2) is 12.3 Å². The number of hydrogen-bond donors (Lipinski definition) is 0. The zero-order chi connectivity index (χ0) is 11.0. The Kier molecular flexibility index (Phi) is 2.63. The molecule has 0 radical (unpaired) electrons. The second-order valence-corrected chi connectivity index (χ2v) is 4.49. The lowest BCUT2D eigenvalue weighted by molar-refractivity contribution is 0.407. The molecule has 1 aliphatic carbocycles. The molecule has 0 N–H and O–H groups in total. The van der Waals surface area contributed by atoms with Gasteiger partial charge in [-0.25, -0.2) is 4.39 Å². The molecular weight excluding hydrogens is 193 g/mol.